The van der Waals surface area contributed by atoms with Crippen LogP contribution in [0.3, 0.4) is 0 Å². The van der Waals surface area contributed by atoms with Crippen LogP contribution in [-0.2, 0) is 11.3 Å². The molecule has 0 radical (unpaired) electrons. The molecule has 24 heavy (non-hydrogen) atoms. The average molecular weight is 348 g/mol. The fourth-order valence-corrected chi connectivity index (χ4v) is 2.29. The number of hydrogen-bond acceptors (Lipinski definition) is 3. The molecule has 0 spiro atoms. The van der Waals surface area contributed by atoms with Gasteiger partial charge >= 0.3 is 0 Å². The quantitative estimate of drug-likeness (QED) is 0.695. The Morgan fingerprint density at radius 2 is 1.88 bits per heavy atom. The van der Waals surface area contributed by atoms with Crippen LogP contribution in [0.5, 0.6) is 5.75 Å². The molecule has 2 aromatic carbocycles. The molecule has 2 rings (SSSR count). The third-order valence-corrected chi connectivity index (χ3v) is 3.79. The van der Waals surface area contributed by atoms with Crippen molar-refractivity contribution >= 4 is 17.5 Å². The Hall–Kier alpha value is -2.04. The van der Waals surface area contributed by atoms with E-state index in [1.165, 1.54) is 0 Å². The lowest BCUT2D eigenvalue weighted by Crippen LogP contribution is -2.25. The van der Waals surface area contributed by atoms with Gasteiger partial charge in [0.15, 0.2) is 0 Å². The Bertz CT molecular complexity index is 643. The molecular formula is C19H22ClNO3. The van der Waals surface area contributed by atoms with E-state index in [1.54, 1.807) is 24.3 Å². The van der Waals surface area contributed by atoms with E-state index in [-0.39, 0.29) is 5.91 Å². The lowest BCUT2D eigenvalue weighted by atomic mass is 10.2. The number of ether oxygens (including phenoxy) is 2. The number of amides is 1. The monoisotopic (exact) mass is 347 g/mol. The van der Waals surface area contributed by atoms with Gasteiger partial charge in [-0.3, -0.25) is 4.79 Å². The van der Waals surface area contributed by atoms with Crippen molar-refractivity contribution < 1.29 is 14.3 Å². The number of nitrogens with one attached hydrogen (secondary N) is 1. The molecule has 0 saturated heterocycles. The second-order valence-corrected chi connectivity index (χ2v) is 5.62. The van der Waals surface area contributed by atoms with Gasteiger partial charge in [-0.25, -0.2) is 0 Å². The summed E-state index contributed by atoms with van der Waals surface area (Å²) in [6.07, 6.45) is 0.804. The van der Waals surface area contributed by atoms with Gasteiger partial charge in [0.1, 0.15) is 12.4 Å². The Labute approximate surface area is 147 Å². The Morgan fingerprint density at radius 1 is 1.12 bits per heavy atom. The van der Waals surface area contributed by atoms with E-state index in [0.29, 0.717) is 42.7 Å². The van der Waals surface area contributed by atoms with E-state index in [1.807, 2.05) is 31.2 Å². The maximum absolute atomic E-state index is 12.0. The molecule has 1 N–H and O–H groups in total. The average Bonchev–Trinajstić information content (AvgIpc) is 2.61. The highest BCUT2D eigenvalue weighted by Crippen LogP contribution is 2.19. The maximum Gasteiger partial charge on any atom is 0.251 e. The second kappa shape index (κ2) is 9.96. The normalized spacial score (nSPS) is 10.4. The molecular weight excluding hydrogens is 326 g/mol. The van der Waals surface area contributed by atoms with Crippen LogP contribution in [-0.4, -0.2) is 25.7 Å². The predicted molar refractivity (Wildman–Crippen MR) is 95.7 cm³/mol. The first-order valence-corrected chi connectivity index (χ1v) is 8.40. The first kappa shape index (κ1) is 18.3. The van der Waals surface area contributed by atoms with E-state index < -0.39 is 0 Å². The molecule has 0 aromatic heterocycles. The van der Waals surface area contributed by atoms with Crippen molar-refractivity contribution in [2.75, 3.05) is 19.8 Å². The second-order valence-electron chi connectivity index (χ2n) is 5.21. The van der Waals surface area contributed by atoms with E-state index in [4.69, 9.17) is 21.1 Å². The van der Waals surface area contributed by atoms with E-state index >= 15 is 0 Å². The van der Waals surface area contributed by atoms with Crippen molar-refractivity contribution in [2.45, 2.75) is 20.0 Å². The number of halogens is 1. The summed E-state index contributed by atoms with van der Waals surface area (Å²) in [6, 6.07) is 14.6. The fraction of sp³-hybridized carbons (Fsp3) is 0.316. The molecule has 0 atom stereocenters. The largest absolute Gasteiger partial charge is 0.489 e. The Morgan fingerprint density at radius 3 is 2.58 bits per heavy atom. The molecule has 5 heteroatoms. The van der Waals surface area contributed by atoms with Crippen LogP contribution >= 0.6 is 11.6 Å². The van der Waals surface area contributed by atoms with Gasteiger partial charge in [-0.1, -0.05) is 29.8 Å². The highest BCUT2D eigenvalue weighted by Gasteiger charge is 2.05. The van der Waals surface area contributed by atoms with Gasteiger partial charge in [-0.15, -0.1) is 0 Å². The standard InChI is InChI=1S/C19H22ClNO3/c1-2-23-13-5-12-21-19(22)15-8-10-17(11-9-15)24-14-16-6-3-4-7-18(16)20/h3-4,6-11H,2,5,12-14H2,1H3,(H,21,22). The van der Waals surface area contributed by atoms with Crippen LogP contribution in [0, 0.1) is 0 Å². The van der Waals surface area contributed by atoms with E-state index in [0.717, 1.165) is 12.0 Å². The predicted octanol–water partition coefficient (Wildman–Crippen LogP) is 4.08. The third kappa shape index (κ3) is 5.87. The van der Waals surface area contributed by atoms with Gasteiger partial charge in [-0.2, -0.15) is 0 Å². The molecule has 0 bridgehead atoms. The van der Waals surface area contributed by atoms with Crippen LogP contribution in [0.15, 0.2) is 48.5 Å². The molecule has 0 saturated carbocycles. The number of rotatable bonds is 9. The van der Waals surface area contributed by atoms with Gasteiger partial charge < -0.3 is 14.8 Å². The summed E-state index contributed by atoms with van der Waals surface area (Å²) >= 11 is 6.10. The molecule has 0 aliphatic rings. The minimum atomic E-state index is -0.0934. The number of carbonyl (C=O) groups excluding carboxylic acids is 1. The summed E-state index contributed by atoms with van der Waals surface area (Å²) in [5, 5.41) is 3.55. The van der Waals surface area contributed by atoms with Gasteiger partial charge in [0.2, 0.25) is 0 Å². The molecule has 0 unspecified atom stereocenters. The van der Waals surface area contributed by atoms with Crippen LogP contribution in [0.2, 0.25) is 5.02 Å². The summed E-state index contributed by atoms with van der Waals surface area (Å²) in [5.41, 5.74) is 1.53. The van der Waals surface area contributed by atoms with Crippen molar-refractivity contribution in [2.24, 2.45) is 0 Å². The SMILES string of the molecule is CCOCCCNC(=O)c1ccc(OCc2ccccc2Cl)cc1. The first-order chi connectivity index (χ1) is 11.7. The van der Waals surface area contributed by atoms with Gasteiger partial charge in [0.25, 0.3) is 5.91 Å². The van der Waals surface area contributed by atoms with Gasteiger partial charge in [0.05, 0.1) is 0 Å². The van der Waals surface area contributed by atoms with Crippen molar-refractivity contribution in [3.8, 4) is 5.75 Å². The zero-order chi connectivity index (χ0) is 17.2. The van der Waals surface area contributed by atoms with Gasteiger partial charge in [-0.05, 0) is 43.7 Å². The molecule has 0 fully saturated rings. The van der Waals surface area contributed by atoms with Crippen LogP contribution in [0.25, 0.3) is 0 Å². The van der Waals surface area contributed by atoms with Gasteiger partial charge in [0, 0.05) is 35.9 Å². The Kier molecular flexibility index (Phi) is 7.59. The highest BCUT2D eigenvalue weighted by molar-refractivity contribution is 6.31. The lowest BCUT2D eigenvalue weighted by Gasteiger charge is -2.09. The topological polar surface area (TPSA) is 47.6 Å². The van der Waals surface area contributed by atoms with Crippen molar-refractivity contribution in [1.82, 2.24) is 5.32 Å². The van der Waals surface area contributed by atoms with Crippen molar-refractivity contribution in [3.63, 3.8) is 0 Å². The summed E-state index contributed by atoms with van der Waals surface area (Å²) in [4.78, 5) is 12.0. The summed E-state index contributed by atoms with van der Waals surface area (Å²) in [6.45, 7) is 4.30. The van der Waals surface area contributed by atoms with Crippen LogP contribution in [0.4, 0.5) is 0 Å². The molecule has 0 heterocycles. The number of benzene rings is 2. The van der Waals surface area contributed by atoms with E-state index in [2.05, 4.69) is 5.32 Å². The molecule has 0 aliphatic carbocycles. The molecule has 128 valence electrons. The summed E-state index contributed by atoms with van der Waals surface area (Å²) < 4.78 is 10.9. The lowest BCUT2D eigenvalue weighted by molar-refractivity contribution is 0.0944. The van der Waals surface area contributed by atoms with Crippen LogP contribution < -0.4 is 10.1 Å². The highest BCUT2D eigenvalue weighted by atomic mass is 35.5. The fourth-order valence-electron chi connectivity index (χ4n) is 2.10. The molecule has 1 amide bonds. The smallest absolute Gasteiger partial charge is 0.251 e. The third-order valence-electron chi connectivity index (χ3n) is 3.42. The zero-order valence-corrected chi connectivity index (χ0v) is 14.5. The van der Waals surface area contributed by atoms with E-state index in [9.17, 15) is 4.79 Å². The first-order valence-electron chi connectivity index (χ1n) is 8.03. The maximum atomic E-state index is 12.0. The zero-order valence-electron chi connectivity index (χ0n) is 13.8. The molecule has 0 aliphatic heterocycles. The molecule has 2 aromatic rings. The minimum absolute atomic E-state index is 0.0934. The Balaban J connectivity index is 1.80. The van der Waals surface area contributed by atoms with Crippen molar-refractivity contribution in [1.29, 1.82) is 0 Å². The number of carbonyl (C=O) groups is 1. The summed E-state index contributed by atoms with van der Waals surface area (Å²) in [5.74, 6) is 0.604. The minimum Gasteiger partial charge on any atom is -0.489 e. The summed E-state index contributed by atoms with van der Waals surface area (Å²) in [7, 11) is 0. The van der Waals surface area contributed by atoms with Crippen molar-refractivity contribution in [3.05, 3.63) is 64.7 Å². The van der Waals surface area contributed by atoms with Crippen LogP contribution in [0.1, 0.15) is 29.3 Å². The molecule has 4 nitrogen and oxygen atoms in total. The number of hydrogen-bond donors (Lipinski definition) is 1.